The van der Waals surface area contributed by atoms with Crippen LogP contribution in [0, 0.1) is 6.92 Å². The first-order valence-corrected chi connectivity index (χ1v) is 9.88. The minimum absolute atomic E-state index is 0.0664. The Labute approximate surface area is 180 Å². The lowest BCUT2D eigenvalue weighted by atomic mass is 9.94. The minimum atomic E-state index is -0.724. The van der Waals surface area contributed by atoms with Gasteiger partial charge in [-0.1, -0.05) is 48.0 Å². The highest BCUT2D eigenvalue weighted by Crippen LogP contribution is 2.41. The number of aliphatic hydroxyl groups is 1. The molecule has 0 bridgehead atoms. The topological polar surface area (TPSA) is 79.7 Å². The number of carbonyl (C=O) groups excluding carboxylic acids is 2. The Balaban J connectivity index is 1.88. The van der Waals surface area contributed by atoms with Crippen LogP contribution in [0.1, 0.15) is 28.3 Å². The summed E-state index contributed by atoms with van der Waals surface area (Å²) in [5.41, 5.74) is 3.02. The van der Waals surface area contributed by atoms with Crippen LogP contribution in [0.3, 0.4) is 0 Å². The molecule has 0 saturated carbocycles. The Hall–Kier alpha value is -3.93. The van der Waals surface area contributed by atoms with Gasteiger partial charge < -0.3 is 14.7 Å². The zero-order valence-corrected chi connectivity index (χ0v) is 17.3. The van der Waals surface area contributed by atoms with Crippen molar-refractivity contribution in [2.24, 2.45) is 0 Å². The molecule has 6 heteroatoms. The number of pyridine rings is 1. The van der Waals surface area contributed by atoms with Crippen molar-refractivity contribution in [3.8, 4) is 5.75 Å². The molecule has 31 heavy (non-hydrogen) atoms. The van der Waals surface area contributed by atoms with Gasteiger partial charge in [0, 0.05) is 23.5 Å². The van der Waals surface area contributed by atoms with Gasteiger partial charge in [-0.2, -0.15) is 0 Å². The summed E-state index contributed by atoms with van der Waals surface area (Å²) in [7, 11) is 1.56. The second-order valence-electron chi connectivity index (χ2n) is 7.39. The number of hydrogen-bond donors (Lipinski definition) is 1. The molecule has 0 radical (unpaired) electrons. The minimum Gasteiger partial charge on any atom is -0.507 e. The van der Waals surface area contributed by atoms with E-state index >= 15 is 0 Å². The summed E-state index contributed by atoms with van der Waals surface area (Å²) in [5.74, 6) is -0.958. The van der Waals surface area contributed by atoms with Crippen LogP contribution in [0.4, 0.5) is 0 Å². The quantitative estimate of drug-likeness (QED) is 0.388. The van der Waals surface area contributed by atoms with Crippen molar-refractivity contribution in [2.45, 2.75) is 19.5 Å². The lowest BCUT2D eigenvalue weighted by Gasteiger charge is -2.26. The predicted octanol–water partition coefficient (Wildman–Crippen LogP) is 4.02. The third kappa shape index (κ3) is 3.80. The fraction of sp³-hybridized carbons (Fsp3) is 0.160. The maximum atomic E-state index is 13.1. The lowest BCUT2D eigenvalue weighted by molar-refractivity contribution is -0.140. The summed E-state index contributed by atoms with van der Waals surface area (Å²) in [6, 6.07) is 17.5. The highest BCUT2D eigenvalue weighted by atomic mass is 16.5. The third-order valence-electron chi connectivity index (χ3n) is 5.38. The summed E-state index contributed by atoms with van der Waals surface area (Å²) in [6.07, 6.45) is 3.06. The second-order valence-corrected chi connectivity index (χ2v) is 7.39. The molecule has 6 nitrogen and oxygen atoms in total. The first-order chi connectivity index (χ1) is 15.0. The van der Waals surface area contributed by atoms with Crippen molar-refractivity contribution < 1.29 is 19.4 Å². The first-order valence-electron chi connectivity index (χ1n) is 9.88. The van der Waals surface area contributed by atoms with Crippen LogP contribution in [0.15, 0.2) is 78.6 Å². The van der Waals surface area contributed by atoms with Gasteiger partial charge in [0.25, 0.3) is 11.7 Å². The van der Waals surface area contributed by atoms with Crippen LogP contribution < -0.4 is 4.74 Å². The maximum absolute atomic E-state index is 13.1. The van der Waals surface area contributed by atoms with Crippen molar-refractivity contribution in [1.29, 1.82) is 0 Å². The molecule has 156 valence electrons. The Kier molecular flexibility index (Phi) is 5.54. The van der Waals surface area contributed by atoms with Crippen LogP contribution in [0.25, 0.3) is 5.76 Å². The van der Waals surface area contributed by atoms with Crippen LogP contribution in [-0.2, 0) is 16.1 Å². The van der Waals surface area contributed by atoms with Gasteiger partial charge in [0.1, 0.15) is 11.5 Å². The number of likely N-dealkylation sites (tertiary alicyclic amines) is 1. The van der Waals surface area contributed by atoms with E-state index in [1.165, 1.54) is 17.3 Å². The number of hydrogen-bond acceptors (Lipinski definition) is 5. The smallest absolute Gasteiger partial charge is 0.295 e. The lowest BCUT2D eigenvalue weighted by Crippen LogP contribution is -2.29. The number of Topliss-reactive ketones (excluding diaryl/α,β-unsaturated/α-hetero) is 1. The molecule has 1 saturated heterocycles. The number of aliphatic hydroxyl groups excluding tert-OH is 1. The molecular formula is C25H22N2O4. The number of carbonyl (C=O) groups is 2. The van der Waals surface area contributed by atoms with Crippen molar-refractivity contribution in [1.82, 2.24) is 9.88 Å². The molecule has 1 N–H and O–H groups in total. The Morgan fingerprint density at radius 1 is 1.06 bits per heavy atom. The number of para-hydroxylation sites is 1. The number of ether oxygens (including phenoxy) is 1. The number of benzene rings is 2. The summed E-state index contributed by atoms with van der Waals surface area (Å²) < 4.78 is 5.43. The average Bonchev–Trinajstić information content (AvgIpc) is 3.04. The van der Waals surface area contributed by atoms with Crippen molar-refractivity contribution >= 4 is 17.4 Å². The molecule has 1 aliphatic rings. The Morgan fingerprint density at radius 3 is 2.52 bits per heavy atom. The fourth-order valence-corrected chi connectivity index (χ4v) is 3.91. The predicted molar refractivity (Wildman–Crippen MR) is 116 cm³/mol. The zero-order chi connectivity index (χ0) is 22.0. The van der Waals surface area contributed by atoms with E-state index in [1.54, 1.807) is 19.2 Å². The van der Waals surface area contributed by atoms with Crippen LogP contribution >= 0.6 is 0 Å². The van der Waals surface area contributed by atoms with Gasteiger partial charge in [0.2, 0.25) is 0 Å². The fourth-order valence-electron chi connectivity index (χ4n) is 3.91. The largest absolute Gasteiger partial charge is 0.507 e. The first kappa shape index (κ1) is 20.3. The highest BCUT2D eigenvalue weighted by Gasteiger charge is 2.46. The van der Waals surface area contributed by atoms with Crippen LogP contribution in [0.5, 0.6) is 5.75 Å². The van der Waals surface area contributed by atoms with E-state index < -0.39 is 17.7 Å². The van der Waals surface area contributed by atoms with E-state index in [1.807, 2.05) is 55.5 Å². The van der Waals surface area contributed by atoms with Crippen LogP contribution in [-0.4, -0.2) is 33.8 Å². The molecule has 2 aromatic carbocycles. The molecule has 1 amide bonds. The molecule has 0 aliphatic carbocycles. The van der Waals surface area contributed by atoms with Gasteiger partial charge in [-0.15, -0.1) is 0 Å². The standard InChI is InChI=1S/C25H22N2O4/c1-16-6-5-8-18(14-16)22-21(23(28)17-10-12-26-13-11-17)24(29)25(30)27(22)15-19-7-3-4-9-20(19)31-2/h3-14,22,28H,15H2,1-2H3/b23-21-. The number of nitrogens with zero attached hydrogens (tertiary/aromatic N) is 2. The van der Waals surface area contributed by atoms with E-state index in [2.05, 4.69) is 4.98 Å². The molecular weight excluding hydrogens is 392 g/mol. The van der Waals surface area contributed by atoms with Gasteiger partial charge in [-0.05, 0) is 30.7 Å². The molecule has 0 spiro atoms. The summed E-state index contributed by atoms with van der Waals surface area (Å²) in [5, 5.41) is 11.0. The van der Waals surface area contributed by atoms with E-state index in [4.69, 9.17) is 4.74 Å². The monoisotopic (exact) mass is 414 g/mol. The molecule has 4 rings (SSSR count). The van der Waals surface area contributed by atoms with Gasteiger partial charge in [-0.25, -0.2) is 0 Å². The van der Waals surface area contributed by atoms with Crippen LogP contribution in [0.2, 0.25) is 0 Å². The molecule has 1 atom stereocenters. The zero-order valence-electron chi connectivity index (χ0n) is 17.3. The number of aryl methyl sites for hydroxylation is 1. The number of rotatable bonds is 5. The third-order valence-corrected chi connectivity index (χ3v) is 5.38. The normalized spacial score (nSPS) is 17.7. The summed E-state index contributed by atoms with van der Waals surface area (Å²) >= 11 is 0. The molecule has 1 unspecified atom stereocenters. The maximum Gasteiger partial charge on any atom is 0.295 e. The highest BCUT2D eigenvalue weighted by molar-refractivity contribution is 6.46. The van der Waals surface area contributed by atoms with Gasteiger partial charge >= 0.3 is 0 Å². The number of amides is 1. The second kappa shape index (κ2) is 8.44. The SMILES string of the molecule is COc1ccccc1CN1C(=O)C(=O)/C(=C(\O)c2ccncc2)C1c1cccc(C)c1. The number of aromatic nitrogens is 1. The Morgan fingerprint density at radius 2 is 1.81 bits per heavy atom. The molecule has 1 aliphatic heterocycles. The molecule has 1 fully saturated rings. The molecule has 1 aromatic heterocycles. The van der Waals surface area contributed by atoms with Crippen molar-refractivity contribution in [3.63, 3.8) is 0 Å². The van der Waals surface area contributed by atoms with E-state index in [9.17, 15) is 14.7 Å². The molecule has 3 aromatic rings. The van der Waals surface area contributed by atoms with E-state index in [0.717, 1.165) is 16.7 Å². The van der Waals surface area contributed by atoms with Gasteiger partial charge in [0.05, 0.1) is 25.3 Å². The Bertz CT molecular complexity index is 1170. The number of ketones is 1. The molecule has 2 heterocycles. The van der Waals surface area contributed by atoms with Gasteiger partial charge in [0.15, 0.2) is 0 Å². The number of methoxy groups -OCH3 is 1. The summed E-state index contributed by atoms with van der Waals surface area (Å²) in [6.45, 7) is 2.11. The van der Waals surface area contributed by atoms with E-state index in [-0.39, 0.29) is 17.9 Å². The average molecular weight is 414 g/mol. The van der Waals surface area contributed by atoms with Gasteiger partial charge in [-0.3, -0.25) is 14.6 Å². The summed E-state index contributed by atoms with van der Waals surface area (Å²) in [4.78, 5) is 31.6. The van der Waals surface area contributed by atoms with E-state index in [0.29, 0.717) is 11.3 Å². The van der Waals surface area contributed by atoms with Crippen molar-refractivity contribution in [2.75, 3.05) is 7.11 Å². The van der Waals surface area contributed by atoms with Crippen molar-refractivity contribution in [3.05, 3.63) is 101 Å².